The van der Waals surface area contributed by atoms with E-state index in [1.807, 2.05) is 24.3 Å². The largest absolute Gasteiger partial charge is 0.378 e. The number of H-pyrrole nitrogens is 1. The summed E-state index contributed by atoms with van der Waals surface area (Å²) in [6.45, 7) is 6.23. The monoisotopic (exact) mass is 458 g/mol. The quantitative estimate of drug-likeness (QED) is 0.388. The number of carbonyl (C=O) groups is 1. The summed E-state index contributed by atoms with van der Waals surface area (Å²) >= 11 is 0. The summed E-state index contributed by atoms with van der Waals surface area (Å²) in [5, 5.41) is 10.7. The van der Waals surface area contributed by atoms with Crippen LogP contribution >= 0.6 is 0 Å². The van der Waals surface area contributed by atoms with Gasteiger partial charge in [0.15, 0.2) is 0 Å². The van der Waals surface area contributed by atoms with Crippen LogP contribution in [0.15, 0.2) is 49.1 Å². The Bertz CT molecular complexity index is 1320. The zero-order chi connectivity index (χ0) is 23.7. The molecule has 0 saturated carbocycles. The molecular weight excluding hydrogens is 432 g/mol. The molecule has 1 aliphatic rings. The van der Waals surface area contributed by atoms with E-state index < -0.39 is 5.66 Å². The average molecular weight is 459 g/mol. The molecule has 1 aliphatic heterocycles. The van der Waals surface area contributed by atoms with Crippen molar-refractivity contribution in [2.45, 2.75) is 19.5 Å². The van der Waals surface area contributed by atoms with Gasteiger partial charge in [0, 0.05) is 48.8 Å². The van der Waals surface area contributed by atoms with Gasteiger partial charge in [-0.1, -0.05) is 0 Å². The second-order valence-corrected chi connectivity index (χ2v) is 8.79. The Morgan fingerprint density at radius 2 is 2.00 bits per heavy atom. The van der Waals surface area contributed by atoms with Gasteiger partial charge in [-0.2, -0.15) is 5.10 Å². The Balaban J connectivity index is 1.68. The third-order valence-corrected chi connectivity index (χ3v) is 5.55. The summed E-state index contributed by atoms with van der Waals surface area (Å²) in [5.74, 6) is 0.533. The van der Waals surface area contributed by atoms with Gasteiger partial charge in [0.05, 0.1) is 30.1 Å². The van der Waals surface area contributed by atoms with E-state index in [9.17, 15) is 4.79 Å². The minimum absolute atomic E-state index is 0.284. The molecule has 0 atom stereocenters. The molecule has 4 aromatic heterocycles. The van der Waals surface area contributed by atoms with Crippen LogP contribution in [0.4, 0.5) is 5.82 Å². The van der Waals surface area contributed by atoms with Crippen LogP contribution in [0.1, 0.15) is 24.2 Å². The molecule has 0 aliphatic carbocycles. The number of morpholine rings is 1. The van der Waals surface area contributed by atoms with Crippen molar-refractivity contribution in [1.29, 1.82) is 0 Å². The molecular formula is C24H26N8O2. The Hall–Kier alpha value is -3.89. The molecule has 5 heterocycles. The minimum atomic E-state index is -0.843. The molecule has 1 saturated heterocycles. The van der Waals surface area contributed by atoms with Gasteiger partial charge in [-0.05, 0) is 43.7 Å². The van der Waals surface area contributed by atoms with E-state index in [1.165, 1.54) is 6.20 Å². The van der Waals surface area contributed by atoms with Crippen LogP contribution < -0.4 is 16.0 Å². The van der Waals surface area contributed by atoms with E-state index in [-0.39, 0.29) is 5.91 Å². The Labute approximate surface area is 196 Å². The fraction of sp³-hybridized carbons (Fsp3) is 0.292. The van der Waals surface area contributed by atoms with Gasteiger partial charge in [0.25, 0.3) is 5.91 Å². The normalized spacial score (nSPS) is 14.4. The third kappa shape index (κ3) is 4.45. The number of amides is 1. The van der Waals surface area contributed by atoms with Gasteiger partial charge < -0.3 is 20.7 Å². The zero-order valence-corrected chi connectivity index (χ0v) is 19.1. The summed E-state index contributed by atoms with van der Waals surface area (Å²) in [6.07, 6.45) is 6.72. The molecule has 4 aromatic rings. The summed E-state index contributed by atoms with van der Waals surface area (Å²) in [5.41, 5.74) is 9.48. The fourth-order valence-electron chi connectivity index (χ4n) is 3.99. The predicted molar refractivity (Wildman–Crippen MR) is 129 cm³/mol. The first-order valence-electron chi connectivity index (χ1n) is 11.1. The van der Waals surface area contributed by atoms with Crippen molar-refractivity contribution in [3.63, 3.8) is 0 Å². The van der Waals surface area contributed by atoms with Crippen molar-refractivity contribution >= 4 is 22.6 Å². The molecule has 34 heavy (non-hydrogen) atoms. The highest BCUT2D eigenvalue weighted by molar-refractivity contribution is 6.02. The van der Waals surface area contributed by atoms with Crippen molar-refractivity contribution < 1.29 is 9.53 Å². The fourth-order valence-corrected chi connectivity index (χ4v) is 3.99. The number of nitrogens with one attached hydrogen (secondary N) is 2. The van der Waals surface area contributed by atoms with Crippen molar-refractivity contribution in [3.05, 3.63) is 54.6 Å². The van der Waals surface area contributed by atoms with Gasteiger partial charge in [0.2, 0.25) is 0 Å². The number of anilines is 1. The number of pyridine rings is 3. The molecule has 4 N–H and O–H groups in total. The van der Waals surface area contributed by atoms with Crippen LogP contribution in [-0.2, 0) is 4.74 Å². The number of hydrogen-bond donors (Lipinski definition) is 3. The minimum Gasteiger partial charge on any atom is -0.378 e. The Morgan fingerprint density at radius 3 is 2.74 bits per heavy atom. The van der Waals surface area contributed by atoms with Gasteiger partial charge >= 0.3 is 0 Å². The average Bonchev–Trinajstić information content (AvgIpc) is 3.37. The highest BCUT2D eigenvalue weighted by Crippen LogP contribution is 2.35. The zero-order valence-electron chi connectivity index (χ0n) is 19.1. The number of nitrogens with two attached hydrogens (primary N) is 1. The van der Waals surface area contributed by atoms with Crippen LogP contribution in [0.2, 0.25) is 0 Å². The molecule has 10 nitrogen and oxygen atoms in total. The molecule has 0 spiro atoms. The molecule has 0 aromatic carbocycles. The molecule has 1 fully saturated rings. The third-order valence-electron chi connectivity index (χ3n) is 5.55. The van der Waals surface area contributed by atoms with E-state index >= 15 is 0 Å². The van der Waals surface area contributed by atoms with Gasteiger partial charge in [0.1, 0.15) is 17.0 Å². The van der Waals surface area contributed by atoms with E-state index in [2.05, 4.69) is 30.4 Å². The van der Waals surface area contributed by atoms with Gasteiger partial charge in [-0.25, -0.2) is 4.98 Å². The summed E-state index contributed by atoms with van der Waals surface area (Å²) in [7, 11) is 0. The van der Waals surface area contributed by atoms with Crippen molar-refractivity contribution in [3.8, 4) is 22.5 Å². The highest BCUT2D eigenvalue weighted by Gasteiger charge is 2.20. The Kier molecular flexibility index (Phi) is 5.68. The van der Waals surface area contributed by atoms with E-state index in [1.54, 1.807) is 32.4 Å². The van der Waals surface area contributed by atoms with Crippen LogP contribution in [0.5, 0.6) is 0 Å². The first kappa shape index (κ1) is 21.9. The number of rotatable bonds is 5. The van der Waals surface area contributed by atoms with Crippen molar-refractivity contribution in [2.24, 2.45) is 5.73 Å². The molecule has 0 unspecified atom stereocenters. The molecule has 10 heteroatoms. The maximum atomic E-state index is 12.7. The van der Waals surface area contributed by atoms with Crippen LogP contribution in [0.25, 0.3) is 33.4 Å². The maximum Gasteiger partial charge on any atom is 0.254 e. The lowest BCUT2D eigenvalue weighted by Crippen LogP contribution is -2.50. The number of aromatic amines is 1. The molecule has 0 bridgehead atoms. The van der Waals surface area contributed by atoms with E-state index in [0.29, 0.717) is 24.5 Å². The number of fused-ring (bicyclic) bond motifs is 1. The number of carbonyl (C=O) groups excluding carboxylic acids is 1. The van der Waals surface area contributed by atoms with Crippen LogP contribution in [0.3, 0.4) is 0 Å². The maximum absolute atomic E-state index is 12.7. The first-order valence-corrected chi connectivity index (χ1v) is 11.1. The van der Waals surface area contributed by atoms with Gasteiger partial charge in [-0.15, -0.1) is 0 Å². The first-order chi connectivity index (χ1) is 16.4. The van der Waals surface area contributed by atoms with Crippen molar-refractivity contribution in [1.82, 2.24) is 30.5 Å². The van der Waals surface area contributed by atoms with Gasteiger partial charge in [-0.3, -0.25) is 19.9 Å². The lowest BCUT2D eigenvalue weighted by Gasteiger charge is -2.28. The highest BCUT2D eigenvalue weighted by atomic mass is 16.5. The predicted octanol–water partition coefficient (Wildman–Crippen LogP) is 2.34. The topological polar surface area (TPSA) is 135 Å². The number of aromatic nitrogens is 5. The van der Waals surface area contributed by atoms with Crippen LogP contribution in [-0.4, -0.2) is 63.0 Å². The second kappa shape index (κ2) is 8.81. The second-order valence-electron chi connectivity index (χ2n) is 8.79. The van der Waals surface area contributed by atoms with Crippen molar-refractivity contribution in [2.75, 3.05) is 31.2 Å². The van der Waals surface area contributed by atoms with E-state index in [0.717, 1.165) is 46.6 Å². The number of nitrogens with zero attached hydrogens (tertiary/aromatic N) is 5. The molecule has 0 radical (unpaired) electrons. The molecule has 174 valence electrons. The standard InChI is InChI=1S/C24H26N8O2/c1-24(2,25)30-23(33)16-11-15(13-26-14-16)18-12-20(32-7-9-34-10-8-32)29-21-17(18)3-5-27-22(21)19-4-6-28-31-19/h3-6,11-14H,7-10,25H2,1-2H3,(H,28,31)(H,30,33). The lowest BCUT2D eigenvalue weighted by atomic mass is 10.00. The molecule has 5 rings (SSSR count). The summed E-state index contributed by atoms with van der Waals surface area (Å²) in [4.78, 5) is 28.9. The summed E-state index contributed by atoms with van der Waals surface area (Å²) in [6, 6.07) is 7.65. The molecule has 1 amide bonds. The Morgan fingerprint density at radius 1 is 1.18 bits per heavy atom. The lowest BCUT2D eigenvalue weighted by molar-refractivity contribution is 0.0915. The number of hydrogen-bond acceptors (Lipinski definition) is 8. The summed E-state index contributed by atoms with van der Waals surface area (Å²) < 4.78 is 5.53. The number of ether oxygens (including phenoxy) is 1. The smallest absolute Gasteiger partial charge is 0.254 e. The van der Waals surface area contributed by atoms with E-state index in [4.69, 9.17) is 15.5 Å². The SMILES string of the molecule is CC(C)(N)NC(=O)c1cncc(-c2cc(N3CCOCC3)nc3c(-c4ccn[nH]4)nccc23)c1. The van der Waals surface area contributed by atoms with Crippen LogP contribution in [0, 0.1) is 0 Å².